The number of hydrogen-bond acceptors (Lipinski definition) is 3. The van der Waals surface area contributed by atoms with Crippen molar-refractivity contribution in [3.63, 3.8) is 0 Å². The summed E-state index contributed by atoms with van der Waals surface area (Å²) in [5.41, 5.74) is 1.13. The molecule has 0 amide bonds. The molecule has 0 aliphatic rings. The molecule has 2 rings (SSSR count). The second-order valence-electron chi connectivity index (χ2n) is 4.22. The third-order valence-electron chi connectivity index (χ3n) is 2.87. The van der Waals surface area contributed by atoms with E-state index in [4.69, 9.17) is 9.47 Å². The molecule has 2 aromatic carbocycles. The van der Waals surface area contributed by atoms with Crippen LogP contribution in [0.2, 0.25) is 0 Å². The van der Waals surface area contributed by atoms with Crippen molar-refractivity contribution in [1.82, 2.24) is 0 Å². The maximum absolute atomic E-state index is 12.7. The first kappa shape index (κ1) is 15.1. The molecule has 2 aromatic rings. The molecular weight excluding hydrogens is 340 g/mol. The summed E-state index contributed by atoms with van der Waals surface area (Å²) in [6.45, 7) is 2.00. The van der Waals surface area contributed by atoms with E-state index < -0.39 is 10.8 Å². The molecule has 0 N–H and O–H groups in total. The van der Waals surface area contributed by atoms with E-state index in [-0.39, 0.29) is 0 Å². The maximum Gasteiger partial charge on any atom is 0.136 e. The van der Waals surface area contributed by atoms with Gasteiger partial charge in [-0.2, -0.15) is 0 Å². The maximum atomic E-state index is 12.7. The van der Waals surface area contributed by atoms with Gasteiger partial charge in [0.25, 0.3) is 0 Å². The average molecular weight is 355 g/mol. The molecule has 0 unspecified atom stereocenters. The van der Waals surface area contributed by atoms with E-state index in [9.17, 15) is 4.21 Å². The molecule has 0 saturated heterocycles. The minimum absolute atomic E-state index is 0.566. The summed E-state index contributed by atoms with van der Waals surface area (Å²) < 4.78 is 24.0. The highest BCUT2D eigenvalue weighted by Crippen LogP contribution is 2.36. The Morgan fingerprint density at radius 2 is 1.60 bits per heavy atom. The van der Waals surface area contributed by atoms with Crippen molar-refractivity contribution in [3.05, 3.63) is 46.4 Å². The van der Waals surface area contributed by atoms with Gasteiger partial charge in [0.1, 0.15) is 11.5 Å². The Morgan fingerprint density at radius 3 is 2.15 bits per heavy atom. The van der Waals surface area contributed by atoms with Crippen LogP contribution in [0, 0.1) is 6.92 Å². The van der Waals surface area contributed by atoms with Gasteiger partial charge in [0.15, 0.2) is 0 Å². The minimum Gasteiger partial charge on any atom is -0.496 e. The third-order valence-corrected chi connectivity index (χ3v) is 4.91. The fraction of sp³-hybridized carbons (Fsp3) is 0.200. The zero-order chi connectivity index (χ0) is 14.7. The number of hydrogen-bond donors (Lipinski definition) is 0. The largest absolute Gasteiger partial charge is 0.496 e. The summed E-state index contributed by atoms with van der Waals surface area (Å²) in [6.07, 6.45) is 0. The van der Waals surface area contributed by atoms with Gasteiger partial charge in [0.05, 0.1) is 34.4 Å². The second kappa shape index (κ2) is 6.41. The van der Waals surface area contributed by atoms with Crippen LogP contribution in [0.3, 0.4) is 0 Å². The van der Waals surface area contributed by atoms with Crippen LogP contribution in [-0.2, 0) is 10.8 Å². The Balaban J connectivity index is 2.50. The Bertz CT molecular complexity index is 638. The van der Waals surface area contributed by atoms with Crippen LogP contribution in [-0.4, -0.2) is 18.4 Å². The lowest BCUT2D eigenvalue weighted by Gasteiger charge is -2.12. The van der Waals surface area contributed by atoms with Crippen LogP contribution in [0.1, 0.15) is 5.56 Å². The number of aryl methyl sites for hydroxylation is 1. The highest BCUT2D eigenvalue weighted by molar-refractivity contribution is 9.10. The van der Waals surface area contributed by atoms with Crippen molar-refractivity contribution in [2.24, 2.45) is 0 Å². The summed E-state index contributed by atoms with van der Waals surface area (Å²) in [4.78, 5) is 1.33. The van der Waals surface area contributed by atoms with Gasteiger partial charge >= 0.3 is 0 Å². The fourth-order valence-electron chi connectivity index (χ4n) is 1.77. The van der Waals surface area contributed by atoms with E-state index in [1.165, 1.54) is 0 Å². The fourth-order valence-corrected chi connectivity index (χ4v) is 3.43. The summed E-state index contributed by atoms with van der Waals surface area (Å²) in [6, 6.07) is 11.1. The van der Waals surface area contributed by atoms with Crippen molar-refractivity contribution < 1.29 is 13.7 Å². The lowest BCUT2D eigenvalue weighted by atomic mass is 10.2. The van der Waals surface area contributed by atoms with Crippen molar-refractivity contribution in [2.75, 3.05) is 14.2 Å². The topological polar surface area (TPSA) is 35.5 Å². The molecule has 106 valence electrons. The lowest BCUT2D eigenvalue weighted by molar-refractivity contribution is 0.391. The molecule has 0 radical (unpaired) electrons. The van der Waals surface area contributed by atoms with Crippen LogP contribution in [0.25, 0.3) is 0 Å². The molecule has 0 fully saturated rings. The molecule has 0 heterocycles. The molecule has 3 nitrogen and oxygen atoms in total. The van der Waals surface area contributed by atoms with E-state index in [1.807, 2.05) is 31.2 Å². The number of rotatable bonds is 4. The van der Waals surface area contributed by atoms with Gasteiger partial charge < -0.3 is 9.47 Å². The van der Waals surface area contributed by atoms with E-state index in [2.05, 4.69) is 15.9 Å². The smallest absolute Gasteiger partial charge is 0.136 e. The van der Waals surface area contributed by atoms with Crippen LogP contribution in [0.15, 0.2) is 50.7 Å². The molecule has 0 aromatic heterocycles. The van der Waals surface area contributed by atoms with Crippen molar-refractivity contribution in [3.8, 4) is 11.5 Å². The standard InChI is InChI=1S/C15H15BrO3S/c1-10-4-6-11(7-5-10)20(17)15-9-13(18-2)12(16)8-14(15)19-3/h4-9H,1-3H3/t20-/m0/s1. The van der Waals surface area contributed by atoms with E-state index in [0.717, 1.165) is 14.9 Å². The zero-order valence-electron chi connectivity index (χ0n) is 11.5. The van der Waals surface area contributed by atoms with Gasteiger partial charge in [-0.3, -0.25) is 0 Å². The first-order valence-corrected chi connectivity index (χ1v) is 7.91. The number of ether oxygens (including phenoxy) is 2. The Kier molecular flexibility index (Phi) is 4.83. The second-order valence-corrected chi connectivity index (χ2v) is 6.52. The highest BCUT2D eigenvalue weighted by atomic mass is 79.9. The van der Waals surface area contributed by atoms with Gasteiger partial charge in [-0.25, -0.2) is 4.21 Å². The van der Waals surface area contributed by atoms with Crippen molar-refractivity contribution in [2.45, 2.75) is 16.7 Å². The van der Waals surface area contributed by atoms with Crippen molar-refractivity contribution in [1.29, 1.82) is 0 Å². The molecule has 0 saturated carbocycles. The van der Waals surface area contributed by atoms with Crippen LogP contribution in [0.5, 0.6) is 11.5 Å². The molecular formula is C15H15BrO3S. The third kappa shape index (κ3) is 3.04. The van der Waals surface area contributed by atoms with Gasteiger partial charge in [-0.15, -0.1) is 0 Å². The molecule has 20 heavy (non-hydrogen) atoms. The van der Waals surface area contributed by atoms with Gasteiger partial charge in [0.2, 0.25) is 0 Å². The zero-order valence-corrected chi connectivity index (χ0v) is 13.9. The summed E-state index contributed by atoms with van der Waals surface area (Å²) in [5.74, 6) is 1.19. The van der Waals surface area contributed by atoms with E-state index >= 15 is 0 Å². The predicted molar refractivity (Wildman–Crippen MR) is 83.1 cm³/mol. The summed E-state index contributed by atoms with van der Waals surface area (Å²) >= 11 is 3.39. The van der Waals surface area contributed by atoms with E-state index in [1.54, 1.807) is 26.4 Å². The predicted octanol–water partition coefficient (Wildman–Crippen LogP) is 3.94. The van der Waals surface area contributed by atoms with Gasteiger partial charge in [0, 0.05) is 11.0 Å². The number of halogens is 1. The minimum atomic E-state index is -1.31. The summed E-state index contributed by atoms with van der Waals surface area (Å²) in [7, 11) is 1.82. The van der Waals surface area contributed by atoms with Crippen molar-refractivity contribution >= 4 is 26.7 Å². The van der Waals surface area contributed by atoms with Crippen LogP contribution < -0.4 is 9.47 Å². The number of benzene rings is 2. The van der Waals surface area contributed by atoms with Gasteiger partial charge in [-0.1, -0.05) is 17.7 Å². The van der Waals surface area contributed by atoms with Crippen LogP contribution >= 0.6 is 15.9 Å². The van der Waals surface area contributed by atoms with E-state index in [0.29, 0.717) is 16.4 Å². The number of methoxy groups -OCH3 is 2. The Hall–Kier alpha value is -1.33. The monoisotopic (exact) mass is 354 g/mol. The SMILES string of the molecule is COc1cc([S@@](=O)c2ccc(C)cc2)c(OC)cc1Br. The molecule has 0 aliphatic heterocycles. The molecule has 0 spiro atoms. The highest BCUT2D eigenvalue weighted by Gasteiger charge is 2.16. The first-order valence-electron chi connectivity index (χ1n) is 5.96. The molecule has 1 atom stereocenters. The van der Waals surface area contributed by atoms with Crippen LogP contribution in [0.4, 0.5) is 0 Å². The normalized spacial score (nSPS) is 12.0. The molecule has 0 aliphatic carbocycles. The average Bonchev–Trinajstić information content (AvgIpc) is 2.47. The summed E-state index contributed by atoms with van der Waals surface area (Å²) in [5, 5.41) is 0. The first-order chi connectivity index (χ1) is 9.56. The molecule has 0 bridgehead atoms. The quantitative estimate of drug-likeness (QED) is 0.833. The molecule has 5 heteroatoms. The Morgan fingerprint density at radius 1 is 1.00 bits per heavy atom. The van der Waals surface area contributed by atoms with Gasteiger partial charge in [-0.05, 0) is 41.1 Å². The lowest BCUT2D eigenvalue weighted by Crippen LogP contribution is -1.99. The Labute approximate surface area is 129 Å².